The van der Waals surface area contributed by atoms with Gasteiger partial charge in [0.15, 0.2) is 0 Å². The van der Waals surface area contributed by atoms with Crippen LogP contribution in [-0.2, 0) is 27.9 Å². The van der Waals surface area contributed by atoms with E-state index in [1.165, 1.54) is 115 Å². The molecule has 0 aliphatic carbocycles. The van der Waals surface area contributed by atoms with Gasteiger partial charge in [0, 0.05) is 33.5 Å². The van der Waals surface area contributed by atoms with Crippen molar-refractivity contribution in [1.82, 2.24) is 9.97 Å². The maximum Gasteiger partial charge on any atom is 0.496 e. The molecule has 0 N–H and O–H groups in total. The van der Waals surface area contributed by atoms with Crippen molar-refractivity contribution in [2.24, 2.45) is 0 Å². The third-order valence-corrected chi connectivity index (χ3v) is 22.2. The molecule has 0 spiro atoms. The lowest BCUT2D eigenvalue weighted by Gasteiger charge is -2.32. The monoisotopic (exact) mass is 1390 g/mol. The fraction of sp³-hybridized carbons (Fsp3) is 0.213. The second kappa shape index (κ2) is 26.7. The second-order valence-electron chi connectivity index (χ2n) is 29.6. The molecule has 3 aliphatic rings. The van der Waals surface area contributed by atoms with E-state index in [0.717, 1.165) is 26.9 Å². The minimum atomic E-state index is -0.476. The third-order valence-electron chi connectivity index (χ3n) is 21.7. The number of rotatable bonds is 8. The summed E-state index contributed by atoms with van der Waals surface area (Å²) in [6.45, 7) is 24.5. The van der Waals surface area contributed by atoms with Gasteiger partial charge in [0.05, 0.1) is 45.0 Å². The number of halogens is 1. The molecule has 2 aromatic heterocycles. The van der Waals surface area contributed by atoms with E-state index < -0.39 is 32.3 Å². The summed E-state index contributed by atoms with van der Waals surface area (Å²) >= 11 is 3.53. The molecular weight excluding hydrogens is 1310 g/mol. The van der Waals surface area contributed by atoms with Crippen LogP contribution >= 0.6 is 15.9 Å². The summed E-state index contributed by atoms with van der Waals surface area (Å²) in [5.41, 5.74) is 12.8. The summed E-state index contributed by atoms with van der Waals surface area (Å²) in [6, 6.07) is 91.4. The van der Waals surface area contributed by atoms with Gasteiger partial charge < -0.3 is 27.9 Å². The normalized spacial score (nSPS) is 16.9. The molecule has 0 bridgehead atoms. The first kappa shape index (κ1) is 69.0. The third kappa shape index (κ3) is 12.7. The van der Waals surface area contributed by atoms with Gasteiger partial charge in [0.2, 0.25) is 0 Å². The van der Waals surface area contributed by atoms with Crippen LogP contribution in [0, 0.1) is 0 Å². The Morgan fingerprint density at radius 1 is 0.267 bits per heavy atom. The van der Waals surface area contributed by atoms with Crippen LogP contribution in [0.15, 0.2) is 272 Å². The average molecular weight is 1390 g/mol. The molecular formula is C89H84B3BrN2O6. The number of pyridine rings is 2. The van der Waals surface area contributed by atoms with E-state index in [1.54, 1.807) is 0 Å². The summed E-state index contributed by atoms with van der Waals surface area (Å²) < 4.78 is 37.4. The number of hydrogen-bond acceptors (Lipinski definition) is 8. The molecule has 0 saturated carbocycles. The Kier molecular flexibility index (Phi) is 18.3. The molecule has 0 unspecified atom stereocenters. The van der Waals surface area contributed by atoms with Crippen LogP contribution in [0.4, 0.5) is 0 Å². The molecule has 0 amide bonds. The molecule has 3 fully saturated rings. The van der Waals surface area contributed by atoms with Crippen molar-refractivity contribution in [3.63, 3.8) is 0 Å². The van der Waals surface area contributed by atoms with Gasteiger partial charge in [-0.05, 0) is 226 Å². The SMILES string of the molecule is Brc1ccc(-c2c3ccccc3c(-c3ccc(-c4cccc5ccccc45)cc3)c3ccccc23)nc1.C.CC1(C)OB(B2OC(C)(C)C(C)(C)O2)OC1(C)C.CC1(C)OB(c2ccc(-c3c4ccccc4c(-c4ccc(-c5cccc6ccccc56)cc4)c4ccccc34)nc2)OC1(C)C. The number of fused-ring (bicyclic) bond motifs is 6. The molecule has 14 aromatic rings. The summed E-state index contributed by atoms with van der Waals surface area (Å²) in [6.07, 6.45) is 3.78. The zero-order chi connectivity index (χ0) is 69.5. The fourth-order valence-corrected chi connectivity index (χ4v) is 14.4. The van der Waals surface area contributed by atoms with E-state index in [-0.39, 0.29) is 29.8 Å². The van der Waals surface area contributed by atoms with Gasteiger partial charge in [-0.15, -0.1) is 0 Å². The summed E-state index contributed by atoms with van der Waals surface area (Å²) in [5, 5.41) is 14.7. The minimum Gasteiger partial charge on any atom is -0.405 e. The van der Waals surface area contributed by atoms with E-state index >= 15 is 0 Å². The first-order chi connectivity index (χ1) is 48.0. The van der Waals surface area contributed by atoms with E-state index in [0.29, 0.717) is 0 Å². The van der Waals surface area contributed by atoms with Gasteiger partial charge in [-0.2, -0.15) is 0 Å². The first-order valence-corrected chi connectivity index (χ1v) is 35.5. The van der Waals surface area contributed by atoms with E-state index in [4.69, 9.17) is 37.9 Å². The first-order valence-electron chi connectivity index (χ1n) is 34.7. The van der Waals surface area contributed by atoms with E-state index in [2.05, 4.69) is 298 Å². The van der Waals surface area contributed by atoms with Crippen molar-refractivity contribution in [3.8, 4) is 67.0 Å². The van der Waals surface area contributed by atoms with Crippen LogP contribution in [-0.4, -0.2) is 64.7 Å². The van der Waals surface area contributed by atoms with Crippen molar-refractivity contribution in [3.05, 3.63) is 272 Å². The van der Waals surface area contributed by atoms with Crippen molar-refractivity contribution in [2.75, 3.05) is 0 Å². The van der Waals surface area contributed by atoms with Gasteiger partial charge in [-0.25, -0.2) is 0 Å². The molecule has 502 valence electrons. The van der Waals surface area contributed by atoms with E-state index in [1.807, 2.05) is 67.8 Å². The van der Waals surface area contributed by atoms with Gasteiger partial charge >= 0.3 is 21.1 Å². The highest BCUT2D eigenvalue weighted by Crippen LogP contribution is 2.48. The van der Waals surface area contributed by atoms with Gasteiger partial charge in [-0.3, -0.25) is 9.97 Å². The van der Waals surface area contributed by atoms with Crippen molar-refractivity contribution in [2.45, 2.75) is 124 Å². The zero-order valence-electron chi connectivity index (χ0n) is 58.9. The lowest BCUT2D eigenvalue weighted by Crippen LogP contribution is -2.41. The Labute approximate surface area is 604 Å². The summed E-state index contributed by atoms with van der Waals surface area (Å²) in [7, 11) is -1.39. The Morgan fingerprint density at radius 2 is 0.545 bits per heavy atom. The molecule has 5 heterocycles. The standard InChI is InChI=1S/C41H34BNO2.C35H22BrN.C12H24B2O4.CH4/c1-40(2)41(3,4)45-42(44-40)30-24-25-37(43-26-30)39-35-17-9-7-15-33(35)38(34-16-8-10-18-36(34)39)29-22-20-28(21-23-29)32-19-11-13-27-12-5-6-14-31(27)32;36-26-20-21-33(37-22-26)35-31-13-5-3-11-29(31)34(30-12-4-6-14-32(30)35)25-18-16-24(17-19-25)28-15-7-9-23-8-1-2-10-27(23)28;1-9(2)10(3,4)16-13(15-9)14-17-11(5,6)12(7,8)18-14;/h5-26H,1-4H3;1-22H;1-8H3;1H4. The lowest BCUT2D eigenvalue weighted by atomic mass is 9.49. The average Bonchev–Trinajstić information content (AvgIpc) is 1.53. The second-order valence-corrected chi connectivity index (χ2v) is 30.5. The number of nitrogens with zero attached hydrogens (tertiary/aromatic N) is 2. The van der Waals surface area contributed by atoms with Crippen LogP contribution in [0.2, 0.25) is 0 Å². The lowest BCUT2D eigenvalue weighted by molar-refractivity contribution is 0.00578. The topological polar surface area (TPSA) is 81.2 Å². The number of benzene rings is 12. The Morgan fingerprint density at radius 3 is 0.861 bits per heavy atom. The Bertz CT molecular complexity index is 5220. The van der Waals surface area contributed by atoms with Crippen molar-refractivity contribution < 1.29 is 27.9 Å². The van der Waals surface area contributed by atoms with Gasteiger partial charge in [-0.1, -0.05) is 244 Å². The maximum absolute atomic E-state index is 6.30. The fourth-order valence-electron chi connectivity index (χ4n) is 14.2. The van der Waals surface area contributed by atoms with Crippen LogP contribution in [0.25, 0.3) is 132 Å². The quantitative estimate of drug-likeness (QED) is 0.110. The van der Waals surface area contributed by atoms with Gasteiger partial charge in [0.1, 0.15) is 0 Å². The molecule has 0 radical (unpaired) electrons. The molecule has 12 aromatic carbocycles. The highest BCUT2D eigenvalue weighted by Gasteiger charge is 2.64. The molecule has 3 saturated heterocycles. The molecule has 0 atom stereocenters. The number of hydrogen-bond donors (Lipinski definition) is 0. The molecule has 8 nitrogen and oxygen atoms in total. The number of aromatic nitrogens is 2. The van der Waals surface area contributed by atoms with Crippen LogP contribution in [0.3, 0.4) is 0 Å². The Balaban J connectivity index is 0.000000139. The zero-order valence-corrected chi connectivity index (χ0v) is 60.4. The van der Waals surface area contributed by atoms with Crippen LogP contribution in [0.1, 0.15) is 90.5 Å². The molecule has 17 rings (SSSR count). The summed E-state index contributed by atoms with van der Waals surface area (Å²) in [4.78, 5) is 9.78. The summed E-state index contributed by atoms with van der Waals surface area (Å²) in [5.74, 6) is 0. The maximum atomic E-state index is 6.30. The molecule has 101 heavy (non-hydrogen) atoms. The highest BCUT2D eigenvalue weighted by atomic mass is 79.9. The molecule has 12 heteroatoms. The Hall–Kier alpha value is -9.07. The van der Waals surface area contributed by atoms with Crippen molar-refractivity contribution >= 4 is 107 Å². The van der Waals surface area contributed by atoms with Crippen LogP contribution < -0.4 is 5.46 Å². The van der Waals surface area contributed by atoms with Gasteiger partial charge in [0.25, 0.3) is 0 Å². The molecule has 3 aliphatic heterocycles. The van der Waals surface area contributed by atoms with Crippen LogP contribution in [0.5, 0.6) is 0 Å². The van der Waals surface area contributed by atoms with E-state index in [9.17, 15) is 0 Å². The highest BCUT2D eigenvalue weighted by molar-refractivity contribution is 9.10. The van der Waals surface area contributed by atoms with Crippen molar-refractivity contribution in [1.29, 1.82) is 0 Å². The minimum absolute atomic E-state index is 0. The smallest absolute Gasteiger partial charge is 0.405 e. The largest absolute Gasteiger partial charge is 0.496 e. The predicted molar refractivity (Wildman–Crippen MR) is 428 cm³/mol. The predicted octanol–water partition coefficient (Wildman–Crippen LogP) is 23.0.